The average Bonchev–Trinajstić information content (AvgIpc) is 2.63. The Morgan fingerprint density at radius 3 is 2.56 bits per heavy atom. The largest absolute Gasteiger partial charge is 0.296 e. The molecule has 0 spiro atoms. The molecule has 0 aromatic carbocycles. The van der Waals surface area contributed by atoms with Crippen LogP contribution in [0.15, 0.2) is 24.5 Å². The van der Waals surface area contributed by atoms with Gasteiger partial charge in [0.1, 0.15) is 0 Å². The molecule has 3 rings (SSSR count). The number of sulfonamides is 1. The molecule has 2 aliphatic rings. The summed E-state index contributed by atoms with van der Waals surface area (Å²) in [5, 5.41) is -0.319. The van der Waals surface area contributed by atoms with Gasteiger partial charge in [0.15, 0.2) is 0 Å². The maximum absolute atomic E-state index is 12.4. The normalized spacial score (nSPS) is 24.7. The molecule has 1 unspecified atom stereocenters. The van der Waals surface area contributed by atoms with Crippen LogP contribution in [0.4, 0.5) is 0 Å². The van der Waals surface area contributed by atoms with Crippen LogP contribution in [-0.2, 0) is 16.6 Å². The summed E-state index contributed by atoms with van der Waals surface area (Å²) in [4.78, 5) is 6.85. The van der Waals surface area contributed by atoms with Gasteiger partial charge in [-0.25, -0.2) is 12.7 Å². The molecule has 1 aromatic heterocycles. The van der Waals surface area contributed by atoms with Gasteiger partial charge in [-0.2, -0.15) is 0 Å². The highest BCUT2D eigenvalue weighted by Gasteiger charge is 2.35. The molecule has 5 nitrogen and oxygen atoms in total. The van der Waals surface area contributed by atoms with Crippen LogP contribution >= 0.6 is 0 Å². The van der Waals surface area contributed by atoms with Crippen molar-refractivity contribution in [1.29, 1.82) is 0 Å². The summed E-state index contributed by atoms with van der Waals surface area (Å²) >= 11 is 0. The van der Waals surface area contributed by atoms with E-state index in [0.29, 0.717) is 25.0 Å². The molecular weight excluding hydrogens is 334 g/mol. The molecule has 2 saturated heterocycles. The fourth-order valence-corrected chi connectivity index (χ4v) is 5.60. The fourth-order valence-electron chi connectivity index (χ4n) is 4.29. The molecule has 0 saturated carbocycles. The van der Waals surface area contributed by atoms with Crippen molar-refractivity contribution in [2.75, 3.05) is 19.6 Å². The number of hydrogen-bond acceptors (Lipinski definition) is 4. The zero-order valence-corrected chi connectivity index (χ0v) is 16.3. The number of aromatic nitrogens is 1. The van der Waals surface area contributed by atoms with Gasteiger partial charge in [-0.15, -0.1) is 0 Å². The lowest BCUT2D eigenvalue weighted by atomic mass is 9.84. The van der Waals surface area contributed by atoms with Crippen LogP contribution in [0.2, 0.25) is 0 Å². The molecule has 2 fully saturated rings. The third-order valence-corrected chi connectivity index (χ3v) is 8.05. The van der Waals surface area contributed by atoms with Crippen LogP contribution in [0, 0.1) is 5.92 Å². The van der Waals surface area contributed by atoms with E-state index in [-0.39, 0.29) is 5.25 Å². The molecule has 140 valence electrons. The zero-order chi connectivity index (χ0) is 17.9. The van der Waals surface area contributed by atoms with Gasteiger partial charge in [0.25, 0.3) is 0 Å². The van der Waals surface area contributed by atoms with Gasteiger partial charge in [0.2, 0.25) is 10.0 Å². The van der Waals surface area contributed by atoms with Crippen LogP contribution in [-0.4, -0.2) is 53.5 Å². The molecule has 0 radical (unpaired) electrons. The second-order valence-electron chi connectivity index (χ2n) is 7.73. The minimum absolute atomic E-state index is 0.319. The Kier molecular flexibility index (Phi) is 6.12. The van der Waals surface area contributed by atoms with E-state index in [0.717, 1.165) is 25.9 Å². The van der Waals surface area contributed by atoms with Crippen LogP contribution in [0.1, 0.15) is 51.5 Å². The van der Waals surface area contributed by atoms with Gasteiger partial charge < -0.3 is 0 Å². The third kappa shape index (κ3) is 4.41. The lowest BCUT2D eigenvalue weighted by molar-refractivity contribution is 0.0682. The topological polar surface area (TPSA) is 53.5 Å². The molecule has 6 heteroatoms. The van der Waals surface area contributed by atoms with Crippen molar-refractivity contribution in [3.8, 4) is 0 Å². The van der Waals surface area contributed by atoms with Crippen LogP contribution < -0.4 is 0 Å². The Hall–Kier alpha value is -0.980. The second kappa shape index (κ2) is 8.14. The van der Waals surface area contributed by atoms with Gasteiger partial charge in [-0.1, -0.05) is 12.5 Å². The van der Waals surface area contributed by atoms with Crippen molar-refractivity contribution in [3.63, 3.8) is 0 Å². The standard InChI is InChI=1S/C19H31N3O2S/c1-16(2)25(23,24)22-12-8-18(9-13-22)19-7-3-4-11-21(19)15-17-6-5-10-20-14-17/h5-6,10,14,16,18-19H,3-4,7-9,11-13,15H2,1-2H3. The molecule has 2 aliphatic heterocycles. The first kappa shape index (κ1) is 18.8. The first-order valence-electron chi connectivity index (χ1n) is 9.60. The van der Waals surface area contributed by atoms with Crippen LogP contribution in [0.3, 0.4) is 0 Å². The van der Waals surface area contributed by atoms with E-state index in [1.54, 1.807) is 18.2 Å². The second-order valence-corrected chi connectivity index (χ2v) is 10.2. The number of rotatable bonds is 5. The summed E-state index contributed by atoms with van der Waals surface area (Å²) < 4.78 is 26.5. The van der Waals surface area contributed by atoms with Gasteiger partial charge in [-0.3, -0.25) is 9.88 Å². The molecule has 25 heavy (non-hydrogen) atoms. The Balaban J connectivity index is 1.62. The zero-order valence-electron chi connectivity index (χ0n) is 15.5. The highest BCUT2D eigenvalue weighted by Crippen LogP contribution is 2.32. The lowest BCUT2D eigenvalue weighted by Crippen LogP contribution is -2.49. The number of hydrogen-bond donors (Lipinski definition) is 0. The van der Waals surface area contributed by atoms with Crippen molar-refractivity contribution in [1.82, 2.24) is 14.2 Å². The van der Waals surface area contributed by atoms with Crippen molar-refractivity contribution in [3.05, 3.63) is 30.1 Å². The van der Waals surface area contributed by atoms with Crippen LogP contribution in [0.5, 0.6) is 0 Å². The van der Waals surface area contributed by atoms with Crippen molar-refractivity contribution in [2.24, 2.45) is 5.92 Å². The summed E-state index contributed by atoms with van der Waals surface area (Å²) in [6, 6.07) is 4.73. The third-order valence-electron chi connectivity index (χ3n) is 5.77. The van der Waals surface area contributed by atoms with Crippen molar-refractivity contribution >= 4 is 10.0 Å². The lowest BCUT2D eigenvalue weighted by Gasteiger charge is -2.43. The maximum atomic E-state index is 12.4. The quantitative estimate of drug-likeness (QED) is 0.805. The van der Waals surface area contributed by atoms with E-state index in [9.17, 15) is 8.42 Å². The summed E-state index contributed by atoms with van der Waals surface area (Å²) in [6.45, 7) is 7.02. The van der Waals surface area contributed by atoms with Gasteiger partial charge >= 0.3 is 0 Å². The van der Waals surface area contributed by atoms with Crippen molar-refractivity contribution in [2.45, 2.75) is 63.8 Å². The fraction of sp³-hybridized carbons (Fsp3) is 0.737. The molecule has 1 atom stereocenters. The molecule has 1 aromatic rings. The summed E-state index contributed by atoms with van der Waals surface area (Å²) in [7, 11) is -3.10. The van der Waals surface area contributed by atoms with E-state index in [4.69, 9.17) is 0 Å². The molecule has 0 N–H and O–H groups in total. The first-order chi connectivity index (χ1) is 12.0. The summed E-state index contributed by atoms with van der Waals surface area (Å²) in [6.07, 6.45) is 9.55. The molecule has 0 bridgehead atoms. The van der Waals surface area contributed by atoms with E-state index < -0.39 is 10.0 Å². The summed E-state index contributed by atoms with van der Waals surface area (Å²) in [5.41, 5.74) is 1.27. The Morgan fingerprint density at radius 2 is 1.92 bits per heavy atom. The minimum atomic E-state index is -3.10. The number of piperidine rings is 2. The van der Waals surface area contributed by atoms with E-state index in [2.05, 4.69) is 16.0 Å². The monoisotopic (exact) mass is 365 g/mol. The SMILES string of the molecule is CC(C)S(=O)(=O)N1CCC(C2CCCCN2Cc2cccnc2)CC1. The van der Waals surface area contributed by atoms with E-state index in [1.807, 2.05) is 18.5 Å². The predicted octanol–water partition coefficient (Wildman–Crippen LogP) is 2.89. The average molecular weight is 366 g/mol. The molecule has 0 aliphatic carbocycles. The highest BCUT2D eigenvalue weighted by molar-refractivity contribution is 7.89. The van der Waals surface area contributed by atoms with Gasteiger partial charge in [-0.05, 0) is 63.6 Å². The van der Waals surface area contributed by atoms with E-state index in [1.165, 1.54) is 24.8 Å². The minimum Gasteiger partial charge on any atom is -0.296 e. The smallest absolute Gasteiger partial charge is 0.216 e. The van der Waals surface area contributed by atoms with Crippen LogP contribution in [0.25, 0.3) is 0 Å². The van der Waals surface area contributed by atoms with E-state index >= 15 is 0 Å². The number of likely N-dealkylation sites (tertiary alicyclic amines) is 1. The Bertz CT molecular complexity index is 640. The maximum Gasteiger partial charge on any atom is 0.216 e. The highest BCUT2D eigenvalue weighted by atomic mass is 32.2. The Morgan fingerprint density at radius 1 is 1.16 bits per heavy atom. The number of pyridine rings is 1. The summed E-state index contributed by atoms with van der Waals surface area (Å²) in [5.74, 6) is 0.607. The van der Waals surface area contributed by atoms with Gasteiger partial charge in [0.05, 0.1) is 5.25 Å². The molecule has 3 heterocycles. The molecule has 0 amide bonds. The predicted molar refractivity (Wildman–Crippen MR) is 101 cm³/mol. The van der Waals surface area contributed by atoms with Gasteiger partial charge in [0, 0.05) is 38.1 Å². The molecular formula is C19H31N3O2S. The van der Waals surface area contributed by atoms with Crippen molar-refractivity contribution < 1.29 is 8.42 Å². The number of nitrogens with zero attached hydrogens (tertiary/aromatic N) is 3. The first-order valence-corrected chi connectivity index (χ1v) is 11.1. The Labute approximate surface area is 152 Å².